The van der Waals surface area contributed by atoms with Crippen LogP contribution >= 0.6 is 11.8 Å². The Bertz CT molecular complexity index is 397. The normalized spacial score (nSPS) is 23.6. The summed E-state index contributed by atoms with van der Waals surface area (Å²) in [6.07, 6.45) is 0. The Kier molecular flexibility index (Phi) is 2.59. The van der Waals surface area contributed by atoms with Gasteiger partial charge in [-0.15, -0.1) is 0 Å². The second kappa shape index (κ2) is 4.09. The highest BCUT2D eigenvalue weighted by Gasteiger charge is 2.21. The third-order valence-corrected chi connectivity index (χ3v) is 4.24. The minimum Gasteiger partial charge on any atom is -0.454 e. The average molecular weight is 237 g/mol. The summed E-state index contributed by atoms with van der Waals surface area (Å²) in [4.78, 5) is 2.44. The van der Waals surface area contributed by atoms with Crippen LogP contribution in [0.2, 0.25) is 0 Å². The predicted octanol–water partition coefficient (Wildman–Crippen LogP) is 2.36. The minimum atomic E-state index is 0.351. The van der Waals surface area contributed by atoms with Crippen molar-refractivity contribution in [1.29, 1.82) is 0 Å². The summed E-state index contributed by atoms with van der Waals surface area (Å²) >= 11 is 2.03. The molecule has 1 aromatic rings. The monoisotopic (exact) mass is 237 g/mol. The van der Waals surface area contributed by atoms with Gasteiger partial charge in [0.2, 0.25) is 6.79 Å². The van der Waals surface area contributed by atoms with Gasteiger partial charge in [-0.25, -0.2) is 0 Å². The molecule has 3 nitrogen and oxygen atoms in total. The lowest BCUT2D eigenvalue weighted by atomic mass is 10.2. The number of rotatable bonds is 1. The molecule has 2 aliphatic rings. The van der Waals surface area contributed by atoms with Crippen LogP contribution in [-0.4, -0.2) is 30.9 Å². The van der Waals surface area contributed by atoms with E-state index in [-0.39, 0.29) is 0 Å². The van der Waals surface area contributed by atoms with Crippen molar-refractivity contribution in [2.24, 2.45) is 0 Å². The molecule has 2 aliphatic heterocycles. The van der Waals surface area contributed by atoms with Crippen molar-refractivity contribution in [2.75, 3.05) is 29.7 Å². The Morgan fingerprint density at radius 1 is 1.31 bits per heavy atom. The number of ether oxygens (including phenoxy) is 2. The molecule has 0 bridgehead atoms. The average Bonchev–Trinajstić information content (AvgIpc) is 2.76. The number of thioether (sulfide) groups is 1. The Balaban J connectivity index is 1.88. The Labute approximate surface area is 99.7 Å². The molecule has 0 amide bonds. The van der Waals surface area contributed by atoms with Gasteiger partial charge in [0.1, 0.15) is 0 Å². The fourth-order valence-electron chi connectivity index (χ4n) is 2.17. The van der Waals surface area contributed by atoms with Crippen molar-refractivity contribution in [3.8, 4) is 11.5 Å². The van der Waals surface area contributed by atoms with Crippen LogP contribution in [0.15, 0.2) is 18.2 Å². The van der Waals surface area contributed by atoms with E-state index in [2.05, 4.69) is 24.0 Å². The zero-order valence-electron chi connectivity index (χ0n) is 9.31. The summed E-state index contributed by atoms with van der Waals surface area (Å²) in [6.45, 7) is 3.74. The van der Waals surface area contributed by atoms with Gasteiger partial charge in [0, 0.05) is 35.8 Å². The molecule has 0 saturated carbocycles. The summed E-state index contributed by atoms with van der Waals surface area (Å²) in [5, 5.41) is 0. The van der Waals surface area contributed by atoms with Crippen LogP contribution in [0.25, 0.3) is 0 Å². The first-order valence-corrected chi connectivity index (χ1v) is 6.74. The maximum absolute atomic E-state index is 5.41. The summed E-state index contributed by atoms with van der Waals surface area (Å²) in [7, 11) is 0. The van der Waals surface area contributed by atoms with Crippen molar-refractivity contribution in [1.82, 2.24) is 0 Å². The van der Waals surface area contributed by atoms with Gasteiger partial charge < -0.3 is 14.4 Å². The van der Waals surface area contributed by atoms with E-state index in [1.54, 1.807) is 0 Å². The van der Waals surface area contributed by atoms with Crippen molar-refractivity contribution in [3.63, 3.8) is 0 Å². The summed E-state index contributed by atoms with van der Waals surface area (Å²) in [5.74, 6) is 4.15. The van der Waals surface area contributed by atoms with Gasteiger partial charge in [-0.3, -0.25) is 0 Å². The van der Waals surface area contributed by atoms with Crippen molar-refractivity contribution in [2.45, 2.75) is 13.0 Å². The van der Waals surface area contributed by atoms with Crippen molar-refractivity contribution in [3.05, 3.63) is 18.2 Å². The Morgan fingerprint density at radius 2 is 2.19 bits per heavy atom. The molecule has 1 fully saturated rings. The maximum atomic E-state index is 5.41. The first-order valence-electron chi connectivity index (χ1n) is 5.58. The third kappa shape index (κ3) is 1.71. The highest BCUT2D eigenvalue weighted by molar-refractivity contribution is 7.99. The number of hydrogen-bond donors (Lipinski definition) is 0. The van der Waals surface area contributed by atoms with Gasteiger partial charge in [0.15, 0.2) is 11.5 Å². The SMILES string of the molecule is CC1CSCCN1c1ccc2c(c1)OCO2. The number of benzene rings is 1. The molecule has 0 spiro atoms. The lowest BCUT2D eigenvalue weighted by Gasteiger charge is -2.35. The molecule has 86 valence electrons. The van der Waals surface area contributed by atoms with Gasteiger partial charge in [-0.2, -0.15) is 11.8 Å². The molecule has 1 atom stereocenters. The first-order chi connectivity index (χ1) is 7.84. The number of nitrogens with zero attached hydrogens (tertiary/aromatic N) is 1. The molecule has 4 heteroatoms. The van der Waals surface area contributed by atoms with Crippen molar-refractivity contribution < 1.29 is 9.47 Å². The van der Waals surface area contributed by atoms with E-state index in [9.17, 15) is 0 Å². The van der Waals surface area contributed by atoms with E-state index >= 15 is 0 Å². The predicted molar refractivity (Wildman–Crippen MR) is 66.7 cm³/mol. The molecule has 0 radical (unpaired) electrons. The van der Waals surface area contributed by atoms with E-state index in [1.807, 2.05) is 17.8 Å². The summed E-state index contributed by atoms with van der Waals surface area (Å²) in [6, 6.07) is 6.82. The number of anilines is 1. The fourth-order valence-corrected chi connectivity index (χ4v) is 3.19. The second-order valence-corrected chi connectivity index (χ2v) is 5.30. The van der Waals surface area contributed by atoms with Crippen molar-refractivity contribution >= 4 is 17.4 Å². The van der Waals surface area contributed by atoms with Gasteiger partial charge in [0.25, 0.3) is 0 Å². The number of hydrogen-bond acceptors (Lipinski definition) is 4. The van der Waals surface area contributed by atoms with Crippen LogP contribution in [-0.2, 0) is 0 Å². The van der Waals surface area contributed by atoms with Crippen LogP contribution in [0.4, 0.5) is 5.69 Å². The standard InChI is InChI=1S/C12H15NO2S/c1-9-7-16-5-4-13(9)10-2-3-11-12(6-10)15-8-14-11/h2-3,6,9H,4-5,7-8H2,1H3. The van der Waals surface area contributed by atoms with Gasteiger partial charge in [-0.05, 0) is 19.1 Å². The summed E-state index contributed by atoms with van der Waals surface area (Å²) < 4.78 is 10.7. The topological polar surface area (TPSA) is 21.7 Å². The zero-order valence-corrected chi connectivity index (χ0v) is 10.1. The molecule has 3 rings (SSSR count). The minimum absolute atomic E-state index is 0.351. The molecule has 1 aromatic carbocycles. The van der Waals surface area contributed by atoms with Gasteiger partial charge in [-0.1, -0.05) is 0 Å². The highest BCUT2D eigenvalue weighted by Crippen LogP contribution is 2.36. The zero-order chi connectivity index (χ0) is 11.0. The van der Waals surface area contributed by atoms with Crippen LogP contribution in [0.5, 0.6) is 11.5 Å². The van der Waals surface area contributed by atoms with E-state index in [0.29, 0.717) is 12.8 Å². The molecular weight excluding hydrogens is 222 g/mol. The fraction of sp³-hybridized carbons (Fsp3) is 0.500. The Hall–Kier alpha value is -1.03. The molecule has 0 N–H and O–H groups in total. The number of fused-ring (bicyclic) bond motifs is 1. The first kappa shape index (κ1) is 10.1. The van der Waals surface area contributed by atoms with E-state index in [1.165, 1.54) is 17.2 Å². The van der Waals surface area contributed by atoms with Crippen LogP contribution in [0, 0.1) is 0 Å². The molecule has 16 heavy (non-hydrogen) atoms. The molecular formula is C12H15NO2S. The van der Waals surface area contributed by atoms with Crippen LogP contribution in [0.1, 0.15) is 6.92 Å². The molecule has 1 saturated heterocycles. The quantitative estimate of drug-likeness (QED) is 0.747. The lowest BCUT2D eigenvalue weighted by Crippen LogP contribution is -2.40. The summed E-state index contributed by atoms with van der Waals surface area (Å²) in [5.41, 5.74) is 1.25. The molecule has 0 aromatic heterocycles. The lowest BCUT2D eigenvalue weighted by molar-refractivity contribution is 0.174. The van der Waals surface area contributed by atoms with E-state index < -0.39 is 0 Å². The Morgan fingerprint density at radius 3 is 3.06 bits per heavy atom. The van der Waals surface area contributed by atoms with E-state index in [0.717, 1.165) is 18.0 Å². The maximum Gasteiger partial charge on any atom is 0.231 e. The van der Waals surface area contributed by atoms with Gasteiger partial charge in [0.05, 0.1) is 0 Å². The van der Waals surface area contributed by atoms with Crippen LogP contribution < -0.4 is 14.4 Å². The highest BCUT2D eigenvalue weighted by atomic mass is 32.2. The van der Waals surface area contributed by atoms with E-state index in [4.69, 9.17) is 9.47 Å². The second-order valence-electron chi connectivity index (χ2n) is 4.15. The largest absolute Gasteiger partial charge is 0.454 e. The van der Waals surface area contributed by atoms with Crippen LogP contribution in [0.3, 0.4) is 0 Å². The molecule has 1 unspecified atom stereocenters. The van der Waals surface area contributed by atoms with Gasteiger partial charge >= 0.3 is 0 Å². The smallest absolute Gasteiger partial charge is 0.231 e. The molecule has 2 heterocycles. The third-order valence-electron chi connectivity index (χ3n) is 3.06. The molecule has 0 aliphatic carbocycles.